The van der Waals surface area contributed by atoms with Crippen molar-refractivity contribution in [1.82, 2.24) is 10.3 Å². The molecular weight excluding hydrogens is 361 g/mol. The zero-order chi connectivity index (χ0) is 19.3. The smallest absolute Gasteiger partial charge is 0.251 e. The van der Waals surface area contributed by atoms with Gasteiger partial charge in [0.15, 0.2) is 11.5 Å². The van der Waals surface area contributed by atoms with Gasteiger partial charge in [-0.1, -0.05) is 12.1 Å². The van der Waals surface area contributed by atoms with Gasteiger partial charge >= 0.3 is 0 Å². The normalized spacial score (nSPS) is 12.3. The van der Waals surface area contributed by atoms with Crippen LogP contribution in [0.3, 0.4) is 0 Å². The van der Waals surface area contributed by atoms with Gasteiger partial charge in [-0.15, -0.1) is 0 Å². The molecule has 142 valence electrons. The molecule has 4 rings (SSSR count). The van der Waals surface area contributed by atoms with Crippen LogP contribution in [-0.4, -0.2) is 24.1 Å². The summed E-state index contributed by atoms with van der Waals surface area (Å²) < 4.78 is 24.0. The van der Waals surface area contributed by atoms with Gasteiger partial charge in [-0.05, 0) is 42.0 Å². The first-order chi connectivity index (χ1) is 13.7. The molecule has 1 aromatic heterocycles. The molecule has 28 heavy (non-hydrogen) atoms. The molecule has 2 N–H and O–H groups in total. The van der Waals surface area contributed by atoms with Crippen LogP contribution in [0.25, 0.3) is 0 Å². The third kappa shape index (κ3) is 4.20. The minimum Gasteiger partial charge on any atom is -0.486 e. The number of pyridine rings is 1. The Morgan fingerprint density at radius 2 is 1.79 bits per heavy atom. The second-order valence-electron chi connectivity index (χ2n) is 6.22. The number of carbonyl (C=O) groups excluding carboxylic acids is 1. The maximum Gasteiger partial charge on any atom is 0.251 e. The predicted molar refractivity (Wildman–Crippen MR) is 103 cm³/mol. The quantitative estimate of drug-likeness (QED) is 0.708. The van der Waals surface area contributed by atoms with Gasteiger partial charge in [0.25, 0.3) is 5.91 Å². The highest BCUT2D eigenvalue weighted by Gasteiger charge is 2.12. The van der Waals surface area contributed by atoms with Gasteiger partial charge in [0.05, 0.1) is 0 Å². The number of halogens is 1. The number of carbonyl (C=O) groups is 1. The van der Waals surface area contributed by atoms with E-state index in [-0.39, 0.29) is 11.7 Å². The summed E-state index contributed by atoms with van der Waals surface area (Å²) >= 11 is 0. The molecule has 2 heterocycles. The number of hydrogen-bond donors (Lipinski definition) is 2. The zero-order valence-electron chi connectivity index (χ0n) is 14.9. The molecule has 0 radical (unpaired) electrons. The zero-order valence-corrected chi connectivity index (χ0v) is 14.9. The lowest BCUT2D eigenvalue weighted by atomic mass is 10.2. The van der Waals surface area contributed by atoms with Crippen molar-refractivity contribution in [1.29, 1.82) is 0 Å². The van der Waals surface area contributed by atoms with Crippen molar-refractivity contribution in [2.24, 2.45) is 0 Å². The molecule has 0 spiro atoms. The Bertz CT molecular complexity index is 992. The van der Waals surface area contributed by atoms with Crippen LogP contribution >= 0.6 is 0 Å². The maximum absolute atomic E-state index is 13.0. The lowest BCUT2D eigenvalue weighted by Crippen LogP contribution is -2.22. The molecule has 2 aromatic carbocycles. The first-order valence-electron chi connectivity index (χ1n) is 8.83. The highest BCUT2D eigenvalue weighted by atomic mass is 19.1. The third-order valence-corrected chi connectivity index (χ3v) is 4.20. The fraction of sp³-hybridized carbons (Fsp3) is 0.143. The Labute approximate surface area is 161 Å². The molecule has 1 aliphatic heterocycles. The molecule has 0 fully saturated rings. The number of ether oxygens (including phenoxy) is 2. The van der Waals surface area contributed by atoms with Crippen LogP contribution in [0, 0.1) is 5.82 Å². The Kier molecular flexibility index (Phi) is 5.05. The summed E-state index contributed by atoms with van der Waals surface area (Å²) in [6.07, 6.45) is 1.56. The molecule has 1 amide bonds. The molecule has 0 aliphatic carbocycles. The van der Waals surface area contributed by atoms with Crippen LogP contribution in [0.2, 0.25) is 0 Å². The summed E-state index contributed by atoms with van der Waals surface area (Å²) in [4.78, 5) is 16.7. The molecule has 1 aliphatic rings. The van der Waals surface area contributed by atoms with Crippen molar-refractivity contribution in [3.8, 4) is 11.5 Å². The number of amides is 1. The van der Waals surface area contributed by atoms with E-state index >= 15 is 0 Å². The standard InChI is InChI=1S/C21H18FN3O3/c22-16-3-1-14(2-4-16)13-24-21(26)15-7-8-23-20(11-15)25-17-5-6-18-19(12-17)28-10-9-27-18/h1-8,11-12H,9-10,13H2,(H,23,25)(H,24,26). The van der Waals surface area contributed by atoms with Crippen LogP contribution in [0.15, 0.2) is 60.8 Å². The molecule has 7 heteroatoms. The van der Waals surface area contributed by atoms with Crippen LogP contribution in [-0.2, 0) is 6.54 Å². The van der Waals surface area contributed by atoms with Crippen molar-refractivity contribution < 1.29 is 18.7 Å². The summed E-state index contributed by atoms with van der Waals surface area (Å²) in [7, 11) is 0. The van der Waals surface area contributed by atoms with E-state index in [1.165, 1.54) is 12.1 Å². The van der Waals surface area contributed by atoms with Crippen molar-refractivity contribution in [3.63, 3.8) is 0 Å². The Morgan fingerprint density at radius 1 is 1.00 bits per heavy atom. The second kappa shape index (κ2) is 7.96. The van der Waals surface area contributed by atoms with E-state index in [9.17, 15) is 9.18 Å². The number of rotatable bonds is 5. The van der Waals surface area contributed by atoms with E-state index in [2.05, 4.69) is 15.6 Å². The van der Waals surface area contributed by atoms with Crippen molar-refractivity contribution in [3.05, 3.63) is 77.7 Å². The third-order valence-electron chi connectivity index (χ3n) is 4.20. The maximum atomic E-state index is 13.0. The van der Waals surface area contributed by atoms with Crippen LogP contribution in [0.5, 0.6) is 11.5 Å². The minimum atomic E-state index is -0.306. The summed E-state index contributed by atoms with van der Waals surface area (Å²) in [6.45, 7) is 1.36. The van der Waals surface area contributed by atoms with Gasteiger partial charge in [-0.3, -0.25) is 4.79 Å². The van der Waals surface area contributed by atoms with Gasteiger partial charge in [0.2, 0.25) is 0 Å². The van der Waals surface area contributed by atoms with Gasteiger partial charge in [-0.25, -0.2) is 9.37 Å². The van der Waals surface area contributed by atoms with E-state index in [1.807, 2.05) is 18.2 Å². The number of aromatic nitrogens is 1. The van der Waals surface area contributed by atoms with Gasteiger partial charge in [-0.2, -0.15) is 0 Å². The first kappa shape index (κ1) is 17.8. The van der Waals surface area contributed by atoms with Crippen LogP contribution in [0.1, 0.15) is 15.9 Å². The van der Waals surface area contributed by atoms with E-state index < -0.39 is 0 Å². The van der Waals surface area contributed by atoms with Crippen molar-refractivity contribution >= 4 is 17.4 Å². The van der Waals surface area contributed by atoms with Gasteiger partial charge < -0.3 is 20.1 Å². The summed E-state index contributed by atoms with van der Waals surface area (Å²) in [6, 6.07) is 14.8. The molecule has 3 aromatic rings. The Hall–Kier alpha value is -3.61. The molecule has 0 bridgehead atoms. The average molecular weight is 379 g/mol. The highest BCUT2D eigenvalue weighted by Crippen LogP contribution is 2.33. The molecule has 0 unspecified atom stereocenters. The summed E-state index contributed by atoms with van der Waals surface area (Å²) in [5, 5.41) is 5.97. The second-order valence-corrected chi connectivity index (χ2v) is 6.22. The summed E-state index contributed by atoms with van der Waals surface area (Å²) in [5.41, 5.74) is 2.07. The fourth-order valence-corrected chi connectivity index (χ4v) is 2.80. The van der Waals surface area contributed by atoms with Crippen molar-refractivity contribution in [2.45, 2.75) is 6.54 Å². The largest absolute Gasteiger partial charge is 0.486 e. The summed E-state index contributed by atoms with van der Waals surface area (Å²) in [5.74, 6) is 1.37. The number of nitrogens with one attached hydrogen (secondary N) is 2. The number of nitrogens with zero attached hydrogens (tertiary/aromatic N) is 1. The number of benzene rings is 2. The Balaban J connectivity index is 1.42. The molecule has 0 atom stereocenters. The molecule has 0 saturated heterocycles. The molecular formula is C21H18FN3O3. The van der Waals surface area contributed by atoms with Gasteiger partial charge in [0, 0.05) is 30.1 Å². The average Bonchev–Trinajstić information content (AvgIpc) is 2.73. The topological polar surface area (TPSA) is 72.5 Å². The lowest BCUT2D eigenvalue weighted by Gasteiger charge is -2.19. The lowest BCUT2D eigenvalue weighted by molar-refractivity contribution is 0.0951. The number of anilines is 2. The number of fused-ring (bicyclic) bond motifs is 1. The molecule has 0 saturated carbocycles. The van der Waals surface area contributed by atoms with Crippen LogP contribution < -0.4 is 20.1 Å². The van der Waals surface area contributed by atoms with Crippen molar-refractivity contribution in [2.75, 3.05) is 18.5 Å². The predicted octanol–water partition coefficient (Wildman–Crippen LogP) is 3.67. The van der Waals surface area contributed by atoms with E-state index in [1.54, 1.807) is 30.5 Å². The highest BCUT2D eigenvalue weighted by molar-refractivity contribution is 5.94. The molecule has 6 nitrogen and oxygen atoms in total. The van der Waals surface area contributed by atoms with E-state index in [4.69, 9.17) is 9.47 Å². The minimum absolute atomic E-state index is 0.239. The van der Waals surface area contributed by atoms with E-state index in [0.717, 1.165) is 11.3 Å². The monoisotopic (exact) mass is 379 g/mol. The fourth-order valence-electron chi connectivity index (χ4n) is 2.80. The van der Waals surface area contributed by atoms with Crippen LogP contribution in [0.4, 0.5) is 15.9 Å². The van der Waals surface area contributed by atoms with E-state index in [0.29, 0.717) is 42.6 Å². The SMILES string of the molecule is O=C(NCc1ccc(F)cc1)c1ccnc(Nc2ccc3c(c2)OCCO3)c1. The Morgan fingerprint density at radius 3 is 2.61 bits per heavy atom. The first-order valence-corrected chi connectivity index (χ1v) is 8.83. The number of hydrogen-bond acceptors (Lipinski definition) is 5. The van der Waals surface area contributed by atoms with Gasteiger partial charge in [0.1, 0.15) is 24.8 Å².